The van der Waals surface area contributed by atoms with Gasteiger partial charge in [-0.3, -0.25) is 9.59 Å². The number of benzene rings is 1. The lowest BCUT2D eigenvalue weighted by Gasteiger charge is -2.37. The van der Waals surface area contributed by atoms with Crippen molar-refractivity contribution in [2.45, 2.75) is 44.9 Å². The summed E-state index contributed by atoms with van der Waals surface area (Å²) in [6.45, 7) is 3.73. The molecule has 2 N–H and O–H groups in total. The molecule has 1 aromatic rings. The van der Waals surface area contributed by atoms with Crippen LogP contribution in [0.15, 0.2) is 24.3 Å². The number of piperidine rings is 1. The Labute approximate surface area is 144 Å². The maximum Gasteiger partial charge on any atom is 0.303 e. The monoisotopic (exact) mass is 333 g/mol. The Hall–Kier alpha value is -1.88. The second kappa shape index (κ2) is 8.83. The van der Waals surface area contributed by atoms with Gasteiger partial charge in [-0.2, -0.15) is 0 Å². The summed E-state index contributed by atoms with van der Waals surface area (Å²) in [5.74, 6) is -0.993. The summed E-state index contributed by atoms with van der Waals surface area (Å²) < 4.78 is 1.17. The van der Waals surface area contributed by atoms with Gasteiger partial charge in [0, 0.05) is 24.9 Å². The lowest BCUT2D eigenvalue weighted by atomic mass is 10.1. The van der Waals surface area contributed by atoms with Crippen molar-refractivity contribution in [2.24, 2.45) is 0 Å². The van der Waals surface area contributed by atoms with E-state index >= 15 is 0 Å². The number of amides is 1. The number of nitrogens with zero attached hydrogens (tertiary/aromatic N) is 1. The number of carbonyl (C=O) groups excluding carboxylic acids is 1. The highest BCUT2D eigenvalue weighted by Gasteiger charge is 2.23. The van der Waals surface area contributed by atoms with Crippen LogP contribution in [0, 0.1) is 0 Å². The first-order valence-corrected chi connectivity index (χ1v) is 8.91. The van der Waals surface area contributed by atoms with Crippen LogP contribution in [0.1, 0.15) is 44.1 Å². The minimum Gasteiger partial charge on any atom is -0.481 e. The number of carboxylic acid groups (broad SMARTS) is 1. The van der Waals surface area contributed by atoms with E-state index in [0.29, 0.717) is 6.42 Å². The van der Waals surface area contributed by atoms with Gasteiger partial charge in [0.15, 0.2) is 0 Å². The second-order valence-corrected chi connectivity index (χ2v) is 7.09. The molecule has 132 valence electrons. The summed E-state index contributed by atoms with van der Waals surface area (Å²) in [7, 11) is 2.35. The summed E-state index contributed by atoms with van der Waals surface area (Å²) in [6, 6.07) is 8.01. The molecule has 5 nitrogen and oxygen atoms in total. The first-order valence-electron chi connectivity index (χ1n) is 8.91. The molecule has 1 saturated heterocycles. The van der Waals surface area contributed by atoms with E-state index in [4.69, 9.17) is 5.11 Å². The molecule has 0 bridgehead atoms. The van der Waals surface area contributed by atoms with E-state index in [9.17, 15) is 9.59 Å². The first-order chi connectivity index (χ1) is 11.5. The quantitative estimate of drug-likeness (QED) is 0.719. The third-order valence-corrected chi connectivity index (χ3v) is 4.87. The van der Waals surface area contributed by atoms with E-state index in [2.05, 4.69) is 24.5 Å². The SMILES string of the molecule is C[N+]1(CCc2ccc(NC(=O)CCCC(=O)O)cc2)CCCCC1. The zero-order valence-electron chi connectivity index (χ0n) is 14.6. The van der Waals surface area contributed by atoms with E-state index in [-0.39, 0.29) is 18.7 Å². The summed E-state index contributed by atoms with van der Waals surface area (Å²) >= 11 is 0. The normalized spacial score (nSPS) is 16.5. The Morgan fingerprint density at radius 3 is 2.38 bits per heavy atom. The molecule has 0 radical (unpaired) electrons. The minimum atomic E-state index is -0.864. The van der Waals surface area contributed by atoms with Gasteiger partial charge in [-0.25, -0.2) is 0 Å². The maximum atomic E-state index is 11.7. The number of rotatable bonds is 8. The number of carboxylic acids is 1. The summed E-state index contributed by atoms with van der Waals surface area (Å²) in [5.41, 5.74) is 2.07. The van der Waals surface area contributed by atoms with E-state index in [1.54, 1.807) is 0 Å². The van der Waals surface area contributed by atoms with E-state index in [0.717, 1.165) is 12.1 Å². The molecule has 1 amide bonds. The van der Waals surface area contributed by atoms with Crippen LogP contribution in [-0.4, -0.2) is 48.1 Å². The van der Waals surface area contributed by atoms with Crippen LogP contribution in [0.4, 0.5) is 5.69 Å². The third-order valence-electron chi connectivity index (χ3n) is 4.87. The summed E-state index contributed by atoms with van der Waals surface area (Å²) in [4.78, 5) is 22.2. The number of aliphatic carboxylic acids is 1. The molecular weight excluding hydrogens is 304 g/mol. The van der Waals surface area contributed by atoms with Crippen molar-refractivity contribution >= 4 is 17.6 Å². The van der Waals surface area contributed by atoms with Crippen molar-refractivity contribution in [3.8, 4) is 0 Å². The van der Waals surface area contributed by atoms with Gasteiger partial charge in [0.2, 0.25) is 5.91 Å². The average molecular weight is 333 g/mol. The fraction of sp³-hybridized carbons (Fsp3) is 0.579. The molecule has 1 aliphatic rings. The first kappa shape index (κ1) is 18.5. The molecule has 1 heterocycles. The zero-order chi connectivity index (χ0) is 17.4. The van der Waals surface area contributed by atoms with Crippen molar-refractivity contribution in [3.63, 3.8) is 0 Å². The smallest absolute Gasteiger partial charge is 0.303 e. The highest BCUT2D eigenvalue weighted by atomic mass is 16.4. The second-order valence-electron chi connectivity index (χ2n) is 7.09. The average Bonchev–Trinajstić information content (AvgIpc) is 2.55. The van der Waals surface area contributed by atoms with Gasteiger partial charge in [-0.05, 0) is 43.4 Å². The Balaban J connectivity index is 1.75. The molecule has 0 aliphatic carbocycles. The molecule has 24 heavy (non-hydrogen) atoms. The van der Waals surface area contributed by atoms with Crippen molar-refractivity contribution in [1.29, 1.82) is 0 Å². The van der Waals surface area contributed by atoms with Crippen molar-refractivity contribution in [2.75, 3.05) is 32.0 Å². The highest BCUT2D eigenvalue weighted by molar-refractivity contribution is 5.90. The summed E-state index contributed by atoms with van der Waals surface area (Å²) in [6.07, 6.45) is 5.74. The van der Waals surface area contributed by atoms with Crippen molar-refractivity contribution < 1.29 is 19.2 Å². The van der Waals surface area contributed by atoms with E-state index in [1.165, 1.54) is 48.9 Å². The van der Waals surface area contributed by atoms with Gasteiger partial charge < -0.3 is 14.9 Å². The van der Waals surface area contributed by atoms with E-state index in [1.807, 2.05) is 12.1 Å². The third kappa shape index (κ3) is 6.32. The van der Waals surface area contributed by atoms with Gasteiger partial charge in [0.05, 0.1) is 26.7 Å². The van der Waals surface area contributed by atoms with Gasteiger partial charge in [0.1, 0.15) is 0 Å². The molecule has 0 atom stereocenters. The van der Waals surface area contributed by atoms with Gasteiger partial charge >= 0.3 is 5.97 Å². The standard InChI is InChI=1S/C19H28N2O3/c1-21(13-3-2-4-14-21)15-12-16-8-10-17(11-9-16)20-18(22)6-5-7-19(23)24/h8-11H,2-7,12-15H2,1H3,(H-,20,22,23,24)/p+1. The molecule has 5 heteroatoms. The minimum absolute atomic E-state index is 0.0311. The number of hydrogen-bond acceptors (Lipinski definition) is 2. The molecule has 2 rings (SSSR count). The van der Waals surface area contributed by atoms with Gasteiger partial charge in [-0.15, -0.1) is 0 Å². The van der Waals surface area contributed by atoms with Crippen LogP contribution in [-0.2, 0) is 16.0 Å². The van der Waals surface area contributed by atoms with Crippen LogP contribution >= 0.6 is 0 Å². The lowest BCUT2D eigenvalue weighted by molar-refractivity contribution is -0.913. The number of carbonyl (C=O) groups is 2. The van der Waals surface area contributed by atoms with Crippen molar-refractivity contribution in [3.05, 3.63) is 29.8 Å². The largest absolute Gasteiger partial charge is 0.481 e. The fourth-order valence-electron chi connectivity index (χ4n) is 3.28. The number of hydrogen-bond donors (Lipinski definition) is 2. The molecular formula is C19H29N2O3+. The Morgan fingerprint density at radius 1 is 1.08 bits per heavy atom. The predicted octanol–water partition coefficient (Wildman–Crippen LogP) is 3.05. The topological polar surface area (TPSA) is 66.4 Å². The predicted molar refractivity (Wildman–Crippen MR) is 94.9 cm³/mol. The molecule has 1 aromatic carbocycles. The van der Waals surface area contributed by atoms with Gasteiger partial charge in [0.25, 0.3) is 0 Å². The Morgan fingerprint density at radius 2 is 1.75 bits per heavy atom. The molecule has 1 fully saturated rings. The maximum absolute atomic E-state index is 11.7. The molecule has 0 spiro atoms. The number of likely N-dealkylation sites (tertiary alicyclic amines) is 1. The Kier molecular flexibility index (Phi) is 6.79. The number of anilines is 1. The fourth-order valence-corrected chi connectivity index (χ4v) is 3.28. The summed E-state index contributed by atoms with van der Waals surface area (Å²) in [5, 5.41) is 11.4. The molecule has 0 aromatic heterocycles. The van der Waals surface area contributed by atoms with Crippen LogP contribution in [0.25, 0.3) is 0 Å². The molecule has 1 aliphatic heterocycles. The Bertz CT molecular complexity index is 548. The van der Waals surface area contributed by atoms with E-state index < -0.39 is 5.97 Å². The molecule has 0 unspecified atom stereocenters. The van der Waals surface area contributed by atoms with Crippen LogP contribution in [0.2, 0.25) is 0 Å². The lowest BCUT2D eigenvalue weighted by Crippen LogP contribution is -2.49. The van der Waals surface area contributed by atoms with Crippen LogP contribution in [0.5, 0.6) is 0 Å². The highest BCUT2D eigenvalue weighted by Crippen LogP contribution is 2.18. The van der Waals surface area contributed by atoms with Crippen LogP contribution in [0.3, 0.4) is 0 Å². The zero-order valence-corrected chi connectivity index (χ0v) is 14.6. The van der Waals surface area contributed by atoms with Crippen molar-refractivity contribution in [1.82, 2.24) is 0 Å². The number of likely N-dealkylation sites (N-methyl/N-ethyl adjacent to an activating group) is 1. The van der Waals surface area contributed by atoms with Crippen LogP contribution < -0.4 is 5.32 Å². The molecule has 0 saturated carbocycles. The number of quaternary nitrogens is 1. The van der Waals surface area contributed by atoms with Gasteiger partial charge in [-0.1, -0.05) is 12.1 Å². The number of nitrogens with one attached hydrogen (secondary N) is 1.